The molecule has 0 aliphatic rings. The van der Waals surface area contributed by atoms with Crippen LogP contribution in [0.5, 0.6) is 0 Å². The van der Waals surface area contributed by atoms with Crippen LogP contribution in [0.2, 0.25) is 0 Å². The van der Waals surface area contributed by atoms with Crippen LogP contribution in [0, 0.1) is 5.82 Å². The lowest BCUT2D eigenvalue weighted by atomic mass is 10.2. The number of hydrogen-bond donors (Lipinski definition) is 1. The summed E-state index contributed by atoms with van der Waals surface area (Å²) >= 11 is 0. The first-order valence-corrected chi connectivity index (χ1v) is 5.50. The van der Waals surface area contributed by atoms with E-state index in [1.165, 1.54) is 12.1 Å². The Kier molecular flexibility index (Phi) is 5.36. The van der Waals surface area contributed by atoms with Crippen LogP contribution in [0.3, 0.4) is 0 Å². The number of carbonyl (C=O) groups is 1. The molecule has 0 aliphatic heterocycles. The third kappa shape index (κ3) is 4.36. The molecule has 0 saturated heterocycles. The number of rotatable bonds is 6. The van der Waals surface area contributed by atoms with Gasteiger partial charge in [0.15, 0.2) is 0 Å². The maximum absolute atomic E-state index is 12.7. The van der Waals surface area contributed by atoms with Crippen LogP contribution in [0.1, 0.15) is 12.0 Å². The minimum Gasteiger partial charge on any atom is -0.335 e. The minimum atomic E-state index is -0.280. The third-order valence-electron chi connectivity index (χ3n) is 2.35. The van der Waals surface area contributed by atoms with Crippen molar-refractivity contribution in [2.45, 2.75) is 13.0 Å². The molecule has 0 spiro atoms. The first-order chi connectivity index (χ1) is 8.17. The van der Waals surface area contributed by atoms with E-state index in [0.29, 0.717) is 26.1 Å². The normalized spacial score (nSPS) is 10.0. The molecule has 0 saturated carbocycles. The van der Waals surface area contributed by atoms with Gasteiger partial charge in [0.1, 0.15) is 5.82 Å². The second kappa shape index (κ2) is 6.81. The van der Waals surface area contributed by atoms with Gasteiger partial charge in [-0.3, -0.25) is 4.79 Å². The van der Waals surface area contributed by atoms with Crippen molar-refractivity contribution >= 4 is 5.91 Å². The van der Waals surface area contributed by atoms with Gasteiger partial charge in [-0.05, 0) is 17.7 Å². The predicted octanol–water partition coefficient (Wildman–Crippen LogP) is 1.69. The van der Waals surface area contributed by atoms with Crippen LogP contribution < -0.4 is 5.73 Å². The van der Waals surface area contributed by atoms with Crippen LogP contribution in [0.25, 0.3) is 0 Å². The number of carbonyl (C=O) groups excluding carboxylic acids is 1. The molecular formula is C13H17FN2O. The molecule has 0 radical (unpaired) electrons. The molecule has 0 aromatic heterocycles. The summed E-state index contributed by atoms with van der Waals surface area (Å²) < 4.78 is 12.7. The summed E-state index contributed by atoms with van der Waals surface area (Å²) in [6, 6.07) is 6.10. The van der Waals surface area contributed by atoms with Gasteiger partial charge in [0.05, 0.1) is 0 Å². The second-order valence-electron chi connectivity index (χ2n) is 3.73. The van der Waals surface area contributed by atoms with E-state index >= 15 is 0 Å². The quantitative estimate of drug-likeness (QED) is 0.764. The third-order valence-corrected chi connectivity index (χ3v) is 2.35. The number of halogens is 1. The van der Waals surface area contributed by atoms with Crippen molar-refractivity contribution in [3.05, 3.63) is 48.3 Å². The van der Waals surface area contributed by atoms with E-state index < -0.39 is 0 Å². The zero-order valence-electron chi connectivity index (χ0n) is 9.73. The molecule has 1 aromatic carbocycles. The summed E-state index contributed by atoms with van der Waals surface area (Å²) in [5, 5.41) is 0. The Labute approximate surface area is 101 Å². The summed E-state index contributed by atoms with van der Waals surface area (Å²) in [6.07, 6.45) is 1.98. The van der Waals surface area contributed by atoms with Gasteiger partial charge in [0.2, 0.25) is 5.91 Å². The zero-order chi connectivity index (χ0) is 12.7. The Hall–Kier alpha value is -1.68. The molecule has 0 unspecified atom stereocenters. The SMILES string of the molecule is C=CCN(Cc1ccc(F)cc1)C(=O)CCN. The fraction of sp³-hybridized carbons (Fsp3) is 0.308. The van der Waals surface area contributed by atoms with Crippen molar-refractivity contribution in [3.8, 4) is 0 Å². The molecule has 0 atom stereocenters. The first-order valence-electron chi connectivity index (χ1n) is 5.50. The Balaban J connectivity index is 2.68. The van der Waals surface area contributed by atoms with E-state index in [4.69, 9.17) is 5.73 Å². The highest BCUT2D eigenvalue weighted by atomic mass is 19.1. The van der Waals surface area contributed by atoms with Crippen molar-refractivity contribution in [3.63, 3.8) is 0 Å². The van der Waals surface area contributed by atoms with Gasteiger partial charge < -0.3 is 10.6 Å². The van der Waals surface area contributed by atoms with Crippen molar-refractivity contribution < 1.29 is 9.18 Å². The van der Waals surface area contributed by atoms with Crippen LogP contribution in [0.15, 0.2) is 36.9 Å². The maximum atomic E-state index is 12.7. The number of hydrogen-bond acceptors (Lipinski definition) is 2. The largest absolute Gasteiger partial charge is 0.335 e. The average molecular weight is 236 g/mol. The Bertz CT molecular complexity index is 376. The van der Waals surface area contributed by atoms with Crippen LogP contribution in [-0.4, -0.2) is 23.9 Å². The molecule has 0 aliphatic carbocycles. The lowest BCUT2D eigenvalue weighted by Gasteiger charge is -2.21. The van der Waals surface area contributed by atoms with Gasteiger partial charge in [0, 0.05) is 26.1 Å². The summed E-state index contributed by atoms with van der Waals surface area (Å²) in [7, 11) is 0. The molecule has 1 rings (SSSR count). The lowest BCUT2D eigenvalue weighted by Crippen LogP contribution is -2.32. The maximum Gasteiger partial charge on any atom is 0.224 e. The van der Waals surface area contributed by atoms with E-state index in [9.17, 15) is 9.18 Å². The molecule has 17 heavy (non-hydrogen) atoms. The highest BCUT2D eigenvalue weighted by Crippen LogP contribution is 2.07. The molecule has 2 N–H and O–H groups in total. The number of nitrogens with zero attached hydrogens (tertiary/aromatic N) is 1. The summed E-state index contributed by atoms with van der Waals surface area (Å²) in [5.74, 6) is -0.297. The van der Waals surface area contributed by atoms with Crippen molar-refractivity contribution in [1.29, 1.82) is 0 Å². The minimum absolute atomic E-state index is 0.0169. The first kappa shape index (κ1) is 13.4. The summed E-state index contributed by atoms with van der Waals surface area (Å²) in [4.78, 5) is 13.4. The Morgan fingerprint density at radius 2 is 2.06 bits per heavy atom. The molecule has 92 valence electrons. The van der Waals surface area contributed by atoms with E-state index in [2.05, 4.69) is 6.58 Å². The number of nitrogens with two attached hydrogens (primary N) is 1. The molecule has 1 aromatic rings. The lowest BCUT2D eigenvalue weighted by molar-refractivity contribution is -0.131. The molecule has 0 bridgehead atoms. The predicted molar refractivity (Wildman–Crippen MR) is 65.7 cm³/mol. The summed E-state index contributed by atoms with van der Waals surface area (Å²) in [6.45, 7) is 4.86. The van der Waals surface area contributed by atoms with Crippen LogP contribution in [-0.2, 0) is 11.3 Å². The summed E-state index contributed by atoms with van der Waals surface area (Å²) in [5.41, 5.74) is 6.24. The standard InChI is InChI=1S/C13H17FN2O/c1-2-9-16(13(17)7-8-15)10-11-3-5-12(14)6-4-11/h2-6H,1,7-10,15H2. The van der Waals surface area contributed by atoms with Crippen LogP contribution in [0.4, 0.5) is 4.39 Å². The molecular weight excluding hydrogens is 219 g/mol. The van der Waals surface area contributed by atoms with Gasteiger partial charge in [-0.15, -0.1) is 6.58 Å². The van der Waals surface area contributed by atoms with Crippen molar-refractivity contribution in [2.24, 2.45) is 5.73 Å². The van der Waals surface area contributed by atoms with Gasteiger partial charge in [-0.1, -0.05) is 18.2 Å². The van der Waals surface area contributed by atoms with E-state index in [1.54, 1.807) is 23.1 Å². The molecule has 0 heterocycles. The second-order valence-corrected chi connectivity index (χ2v) is 3.73. The topological polar surface area (TPSA) is 46.3 Å². The zero-order valence-corrected chi connectivity index (χ0v) is 9.73. The monoisotopic (exact) mass is 236 g/mol. The molecule has 1 amide bonds. The average Bonchev–Trinajstić information content (AvgIpc) is 2.31. The van der Waals surface area contributed by atoms with E-state index in [-0.39, 0.29) is 11.7 Å². The van der Waals surface area contributed by atoms with Crippen LogP contribution >= 0.6 is 0 Å². The number of amides is 1. The highest BCUT2D eigenvalue weighted by Gasteiger charge is 2.11. The van der Waals surface area contributed by atoms with E-state index in [1.807, 2.05) is 0 Å². The molecule has 0 fully saturated rings. The molecule has 4 heteroatoms. The fourth-order valence-electron chi connectivity index (χ4n) is 1.50. The fourth-order valence-corrected chi connectivity index (χ4v) is 1.50. The van der Waals surface area contributed by atoms with Gasteiger partial charge in [-0.25, -0.2) is 4.39 Å². The van der Waals surface area contributed by atoms with Crippen molar-refractivity contribution in [1.82, 2.24) is 4.90 Å². The van der Waals surface area contributed by atoms with Gasteiger partial charge in [-0.2, -0.15) is 0 Å². The van der Waals surface area contributed by atoms with Gasteiger partial charge >= 0.3 is 0 Å². The smallest absolute Gasteiger partial charge is 0.224 e. The Morgan fingerprint density at radius 3 is 2.59 bits per heavy atom. The molecule has 3 nitrogen and oxygen atoms in total. The van der Waals surface area contributed by atoms with Crippen molar-refractivity contribution in [2.75, 3.05) is 13.1 Å². The Morgan fingerprint density at radius 1 is 1.41 bits per heavy atom. The van der Waals surface area contributed by atoms with E-state index in [0.717, 1.165) is 5.56 Å². The highest BCUT2D eigenvalue weighted by molar-refractivity contribution is 5.76. The number of benzene rings is 1. The van der Waals surface area contributed by atoms with Gasteiger partial charge in [0.25, 0.3) is 0 Å².